The van der Waals surface area contributed by atoms with Crippen molar-refractivity contribution in [2.45, 2.75) is 59.0 Å². The molecule has 0 aromatic rings. The average molecular weight is 329 g/mol. The Hall–Kier alpha value is -2.45. The maximum atomic E-state index is 12.5. The molecule has 1 saturated heterocycles. The Morgan fingerprint density at radius 1 is 0.870 bits per heavy atom. The van der Waals surface area contributed by atoms with E-state index in [1.165, 1.54) is 20.8 Å². The second-order valence-corrected chi connectivity index (χ2v) is 5.89. The number of carbonyl (C=O) groups excluding carboxylic acids is 5. The Kier molecular flexibility index (Phi) is 5.13. The lowest BCUT2D eigenvalue weighted by atomic mass is 10.2. The Balaban J connectivity index is 3.43. The summed E-state index contributed by atoms with van der Waals surface area (Å²) in [5, 5.41) is 0. The lowest BCUT2D eigenvalue weighted by Gasteiger charge is -2.36. The van der Waals surface area contributed by atoms with Gasteiger partial charge >= 0.3 is 23.8 Å². The van der Waals surface area contributed by atoms with Gasteiger partial charge in [-0.05, 0) is 20.8 Å². The Morgan fingerprint density at radius 3 is 1.57 bits per heavy atom. The zero-order valence-electron chi connectivity index (χ0n) is 13.6. The van der Waals surface area contributed by atoms with E-state index < -0.39 is 41.2 Å². The fourth-order valence-electron chi connectivity index (χ4n) is 1.92. The molecule has 0 radical (unpaired) electrons. The van der Waals surface area contributed by atoms with Gasteiger partial charge in [-0.1, -0.05) is 0 Å². The smallest absolute Gasteiger partial charge is 0.453 e. The highest BCUT2D eigenvalue weighted by molar-refractivity contribution is 6.06. The minimum Gasteiger partial charge on any atom is -0.453 e. The van der Waals surface area contributed by atoms with Crippen LogP contribution in [0.25, 0.3) is 0 Å². The first-order valence-electron chi connectivity index (χ1n) is 6.87. The van der Waals surface area contributed by atoms with Gasteiger partial charge in [0.1, 0.15) is 5.60 Å². The summed E-state index contributed by atoms with van der Waals surface area (Å²) in [6.07, 6.45) is -0.405. The van der Waals surface area contributed by atoms with E-state index in [-0.39, 0.29) is 12.8 Å². The molecule has 0 aromatic heterocycles. The zero-order chi connectivity index (χ0) is 18.0. The van der Waals surface area contributed by atoms with Crippen molar-refractivity contribution in [3.63, 3.8) is 0 Å². The number of ether oxygens (including phenoxy) is 3. The largest absolute Gasteiger partial charge is 0.455 e. The van der Waals surface area contributed by atoms with Crippen LogP contribution in [0.15, 0.2) is 0 Å². The van der Waals surface area contributed by atoms with Crippen LogP contribution in [-0.2, 0) is 38.2 Å². The topological polar surface area (TPSA) is 116 Å². The molecule has 128 valence electrons. The molecule has 2 amide bonds. The average Bonchev–Trinajstić information content (AvgIpc) is 2.64. The van der Waals surface area contributed by atoms with E-state index in [4.69, 9.17) is 14.2 Å². The van der Waals surface area contributed by atoms with Crippen LogP contribution in [0.1, 0.15) is 47.5 Å². The second-order valence-electron chi connectivity index (χ2n) is 5.89. The monoisotopic (exact) mass is 329 g/mol. The van der Waals surface area contributed by atoms with Crippen molar-refractivity contribution in [1.82, 2.24) is 4.90 Å². The highest BCUT2D eigenvalue weighted by Crippen LogP contribution is 2.30. The van der Waals surface area contributed by atoms with E-state index in [0.717, 1.165) is 13.8 Å². The van der Waals surface area contributed by atoms with Crippen LogP contribution in [0.5, 0.6) is 0 Å². The van der Waals surface area contributed by atoms with E-state index >= 15 is 0 Å². The number of esters is 3. The highest BCUT2D eigenvalue weighted by Gasteiger charge is 2.60. The Bertz CT molecular complexity index is 528. The number of carbonyl (C=O) groups is 5. The van der Waals surface area contributed by atoms with E-state index in [0.29, 0.717) is 4.90 Å². The zero-order valence-corrected chi connectivity index (χ0v) is 13.6. The molecule has 0 aliphatic carbocycles. The molecule has 1 heterocycles. The third-order valence-electron chi connectivity index (χ3n) is 2.57. The molecule has 9 heteroatoms. The number of likely N-dealkylation sites (tertiary alicyclic amines) is 1. The first-order valence-corrected chi connectivity index (χ1v) is 6.87. The molecule has 1 aliphatic rings. The molecular formula is C14H19NO8. The predicted octanol–water partition coefficient (Wildman–Crippen LogP) is 0.257. The van der Waals surface area contributed by atoms with Gasteiger partial charge in [0.05, 0.1) is 0 Å². The number of rotatable bonds is 4. The lowest BCUT2D eigenvalue weighted by molar-refractivity contribution is -0.278. The maximum absolute atomic E-state index is 12.5. The normalized spacial score (nSPS) is 15.4. The highest BCUT2D eigenvalue weighted by atomic mass is 16.8. The summed E-state index contributed by atoms with van der Waals surface area (Å²) in [6.45, 7) is 6.43. The van der Waals surface area contributed by atoms with Crippen molar-refractivity contribution in [3.05, 3.63) is 0 Å². The Labute approximate surface area is 132 Å². The quantitative estimate of drug-likeness (QED) is 0.409. The van der Waals surface area contributed by atoms with E-state index in [1.54, 1.807) is 0 Å². The van der Waals surface area contributed by atoms with Crippen LogP contribution in [0.4, 0.5) is 0 Å². The standard InChI is InChI=1S/C14H19NO8/c1-8(16)21-14(22-9(2)17,12(20)23-13(3,4)5)15-10(18)6-7-11(15)19/h6-7H2,1-5H3. The first kappa shape index (κ1) is 18.6. The molecule has 0 N–H and O–H groups in total. The van der Waals surface area contributed by atoms with Crippen LogP contribution in [0.2, 0.25) is 0 Å². The van der Waals surface area contributed by atoms with Crippen LogP contribution in [0, 0.1) is 0 Å². The number of hydrogen-bond donors (Lipinski definition) is 0. The molecule has 0 spiro atoms. The Morgan fingerprint density at radius 2 is 1.26 bits per heavy atom. The van der Waals surface area contributed by atoms with E-state index in [9.17, 15) is 24.0 Å². The van der Waals surface area contributed by atoms with Crippen LogP contribution >= 0.6 is 0 Å². The minimum absolute atomic E-state index is 0.202. The fraction of sp³-hybridized carbons (Fsp3) is 0.643. The predicted molar refractivity (Wildman–Crippen MR) is 73.2 cm³/mol. The second kappa shape index (κ2) is 6.35. The summed E-state index contributed by atoms with van der Waals surface area (Å²) >= 11 is 0. The summed E-state index contributed by atoms with van der Waals surface area (Å²) in [4.78, 5) is 59.6. The van der Waals surface area contributed by atoms with Crippen molar-refractivity contribution in [1.29, 1.82) is 0 Å². The molecular weight excluding hydrogens is 310 g/mol. The molecule has 23 heavy (non-hydrogen) atoms. The van der Waals surface area contributed by atoms with Gasteiger partial charge in [0.25, 0.3) is 0 Å². The fourth-order valence-corrected chi connectivity index (χ4v) is 1.92. The molecule has 0 aromatic carbocycles. The van der Waals surface area contributed by atoms with Crippen LogP contribution in [0.3, 0.4) is 0 Å². The van der Waals surface area contributed by atoms with Crippen molar-refractivity contribution in [3.8, 4) is 0 Å². The summed E-state index contributed by atoms with van der Waals surface area (Å²) in [7, 11) is 0. The third-order valence-corrected chi connectivity index (χ3v) is 2.57. The molecule has 1 fully saturated rings. The van der Waals surface area contributed by atoms with Gasteiger partial charge in [0, 0.05) is 26.7 Å². The maximum Gasteiger partial charge on any atom is 0.455 e. The molecule has 1 aliphatic heterocycles. The number of hydrogen-bond acceptors (Lipinski definition) is 8. The summed E-state index contributed by atoms with van der Waals surface area (Å²) in [5.74, 6) is -7.95. The number of amides is 2. The van der Waals surface area contributed by atoms with Gasteiger partial charge < -0.3 is 14.2 Å². The first-order chi connectivity index (χ1) is 10.4. The van der Waals surface area contributed by atoms with Crippen molar-refractivity contribution >= 4 is 29.7 Å². The van der Waals surface area contributed by atoms with Gasteiger partial charge in [0.2, 0.25) is 11.8 Å². The number of nitrogens with zero attached hydrogens (tertiary/aromatic N) is 1. The minimum atomic E-state index is -2.89. The van der Waals surface area contributed by atoms with Gasteiger partial charge in [-0.25, -0.2) is 4.79 Å². The molecule has 0 bridgehead atoms. The molecule has 0 saturated carbocycles. The van der Waals surface area contributed by atoms with Crippen LogP contribution < -0.4 is 0 Å². The van der Waals surface area contributed by atoms with Crippen LogP contribution in [-0.4, -0.2) is 46.1 Å². The summed E-state index contributed by atoms with van der Waals surface area (Å²) in [5.41, 5.74) is -1.05. The lowest BCUT2D eigenvalue weighted by Crippen LogP contribution is -2.63. The molecule has 1 rings (SSSR count). The third kappa shape index (κ3) is 4.27. The molecule has 0 atom stereocenters. The number of imide groups is 1. The summed E-state index contributed by atoms with van der Waals surface area (Å²) < 4.78 is 14.7. The van der Waals surface area contributed by atoms with E-state index in [1.807, 2.05) is 0 Å². The van der Waals surface area contributed by atoms with E-state index in [2.05, 4.69) is 0 Å². The van der Waals surface area contributed by atoms with Crippen molar-refractivity contribution in [2.75, 3.05) is 0 Å². The van der Waals surface area contributed by atoms with Gasteiger partial charge in [-0.2, -0.15) is 4.90 Å². The van der Waals surface area contributed by atoms with Crippen molar-refractivity contribution in [2.24, 2.45) is 0 Å². The van der Waals surface area contributed by atoms with Gasteiger partial charge in [-0.15, -0.1) is 0 Å². The summed E-state index contributed by atoms with van der Waals surface area (Å²) in [6, 6.07) is 0. The SMILES string of the molecule is CC(=O)OC(OC(C)=O)(C(=O)OC(C)(C)C)N1C(=O)CCC1=O. The van der Waals surface area contributed by atoms with Gasteiger partial charge in [0.15, 0.2) is 0 Å². The van der Waals surface area contributed by atoms with Gasteiger partial charge in [-0.3, -0.25) is 19.2 Å². The molecule has 9 nitrogen and oxygen atoms in total. The van der Waals surface area contributed by atoms with Crippen molar-refractivity contribution < 1.29 is 38.2 Å². The molecule has 0 unspecified atom stereocenters.